The highest BCUT2D eigenvalue weighted by molar-refractivity contribution is 5.93. The molecule has 0 fully saturated rings. The number of ether oxygens (including phenoxy) is 1. The van der Waals surface area contributed by atoms with Gasteiger partial charge in [-0.05, 0) is 26.8 Å². The predicted octanol–water partition coefficient (Wildman–Crippen LogP) is 1.05. The van der Waals surface area contributed by atoms with Crippen molar-refractivity contribution in [1.29, 1.82) is 0 Å². The third-order valence-corrected chi connectivity index (χ3v) is 3.24. The van der Waals surface area contributed by atoms with Gasteiger partial charge in [-0.25, -0.2) is 9.50 Å². The van der Waals surface area contributed by atoms with Crippen LogP contribution >= 0.6 is 0 Å². The van der Waals surface area contributed by atoms with E-state index < -0.39 is 5.92 Å². The lowest BCUT2D eigenvalue weighted by Gasteiger charge is -2.19. The maximum Gasteiger partial charge on any atom is 0.310 e. The van der Waals surface area contributed by atoms with Crippen LogP contribution in [0.1, 0.15) is 31.3 Å². The number of carbonyl (C=O) groups is 2. The first-order chi connectivity index (χ1) is 10.0. The Bertz CT molecular complexity index is 619. The molecule has 7 heteroatoms. The van der Waals surface area contributed by atoms with E-state index in [9.17, 15) is 9.59 Å². The number of carbonyl (C=O) groups excluding carboxylic acids is 2. The average molecular weight is 290 g/mol. The molecule has 0 radical (unpaired) electrons. The molecule has 1 amide bonds. The van der Waals surface area contributed by atoms with E-state index in [4.69, 9.17) is 4.74 Å². The smallest absolute Gasteiger partial charge is 0.310 e. The molecule has 112 valence electrons. The minimum Gasteiger partial charge on any atom is -0.466 e. The van der Waals surface area contributed by atoms with Crippen LogP contribution in [0.5, 0.6) is 0 Å². The van der Waals surface area contributed by atoms with E-state index >= 15 is 0 Å². The van der Waals surface area contributed by atoms with Gasteiger partial charge in [0.15, 0.2) is 11.3 Å². The molecule has 0 bridgehead atoms. The summed E-state index contributed by atoms with van der Waals surface area (Å²) in [6.45, 7) is 5.54. The number of nitrogens with zero attached hydrogens (tertiary/aromatic N) is 3. The van der Waals surface area contributed by atoms with Crippen molar-refractivity contribution in [3.8, 4) is 0 Å². The van der Waals surface area contributed by atoms with Gasteiger partial charge in [-0.15, -0.1) is 0 Å². The zero-order chi connectivity index (χ0) is 15.4. The van der Waals surface area contributed by atoms with Gasteiger partial charge in [-0.1, -0.05) is 0 Å². The molecule has 7 nitrogen and oxygen atoms in total. The first kappa shape index (κ1) is 15.0. The molecule has 2 rings (SSSR count). The normalized spacial score (nSPS) is 13.7. The van der Waals surface area contributed by atoms with Crippen LogP contribution in [0.2, 0.25) is 0 Å². The maximum atomic E-state index is 12.1. The van der Waals surface area contributed by atoms with Crippen molar-refractivity contribution in [3.63, 3.8) is 0 Å². The van der Waals surface area contributed by atoms with Crippen molar-refractivity contribution >= 4 is 17.5 Å². The molecule has 2 aromatic heterocycles. The highest BCUT2D eigenvalue weighted by Gasteiger charge is 2.24. The second-order valence-electron chi connectivity index (χ2n) is 4.75. The summed E-state index contributed by atoms with van der Waals surface area (Å²) < 4.78 is 6.46. The highest BCUT2D eigenvalue weighted by Crippen LogP contribution is 2.08. The van der Waals surface area contributed by atoms with Crippen LogP contribution in [0.25, 0.3) is 5.65 Å². The summed E-state index contributed by atoms with van der Waals surface area (Å²) in [5.41, 5.74) is 0.852. The number of hydrogen-bond acceptors (Lipinski definition) is 5. The summed E-state index contributed by atoms with van der Waals surface area (Å²) in [4.78, 5) is 27.9. The number of rotatable bonds is 5. The first-order valence-electron chi connectivity index (χ1n) is 6.80. The summed E-state index contributed by atoms with van der Waals surface area (Å²) in [6.07, 6.45) is 3.34. The van der Waals surface area contributed by atoms with E-state index in [1.807, 2.05) is 0 Å². The summed E-state index contributed by atoms with van der Waals surface area (Å²) >= 11 is 0. The lowest BCUT2D eigenvalue weighted by Crippen LogP contribution is -2.40. The number of fused-ring (bicyclic) bond motifs is 1. The number of hydrogen-bond donors (Lipinski definition) is 1. The number of esters is 1. The SMILES string of the molecule is CCOC(=O)[C@@H](C)[C@@H](C)NC(=O)c1cc2ncccn2n1. The molecule has 2 aromatic rings. The Morgan fingerprint density at radius 1 is 1.43 bits per heavy atom. The van der Waals surface area contributed by atoms with Crippen molar-refractivity contribution in [2.75, 3.05) is 6.61 Å². The average Bonchev–Trinajstić information content (AvgIpc) is 2.90. The number of amides is 1. The van der Waals surface area contributed by atoms with Crippen LogP contribution in [-0.2, 0) is 9.53 Å². The molecule has 0 aliphatic rings. The van der Waals surface area contributed by atoms with Gasteiger partial charge in [0.1, 0.15) is 0 Å². The van der Waals surface area contributed by atoms with Gasteiger partial charge in [0.25, 0.3) is 5.91 Å². The molecule has 2 heterocycles. The van der Waals surface area contributed by atoms with Gasteiger partial charge in [0.05, 0.1) is 12.5 Å². The Labute approximate surface area is 122 Å². The zero-order valence-electron chi connectivity index (χ0n) is 12.2. The van der Waals surface area contributed by atoms with Crippen LogP contribution in [-0.4, -0.2) is 39.1 Å². The molecule has 0 unspecified atom stereocenters. The standard InChI is InChI=1S/C14H18N4O3/c1-4-21-14(20)9(2)10(3)16-13(19)11-8-12-15-6-5-7-18(12)17-11/h5-10H,4H2,1-3H3,(H,16,19)/t9-,10+/m0/s1. The van der Waals surface area contributed by atoms with E-state index in [2.05, 4.69) is 15.4 Å². The minimum absolute atomic E-state index is 0.261. The van der Waals surface area contributed by atoms with Gasteiger partial charge < -0.3 is 10.1 Å². The summed E-state index contributed by atoms with van der Waals surface area (Å²) in [6, 6.07) is 2.97. The minimum atomic E-state index is -0.427. The predicted molar refractivity (Wildman–Crippen MR) is 75.7 cm³/mol. The fraction of sp³-hybridized carbons (Fsp3) is 0.429. The van der Waals surface area contributed by atoms with E-state index in [1.165, 1.54) is 4.52 Å². The molecule has 0 saturated heterocycles. The van der Waals surface area contributed by atoms with Crippen LogP contribution in [0.15, 0.2) is 24.5 Å². The Balaban J connectivity index is 2.05. The molecule has 0 saturated carbocycles. The van der Waals surface area contributed by atoms with E-state index in [-0.39, 0.29) is 23.6 Å². The van der Waals surface area contributed by atoms with Crippen LogP contribution in [0.3, 0.4) is 0 Å². The fourth-order valence-electron chi connectivity index (χ4n) is 1.82. The van der Waals surface area contributed by atoms with Gasteiger partial charge in [-0.3, -0.25) is 9.59 Å². The third kappa shape index (κ3) is 3.36. The second-order valence-corrected chi connectivity index (χ2v) is 4.75. The summed E-state index contributed by atoms with van der Waals surface area (Å²) in [7, 11) is 0. The molecule has 1 N–H and O–H groups in total. The largest absolute Gasteiger partial charge is 0.466 e. The number of nitrogens with one attached hydrogen (secondary N) is 1. The molecular formula is C14H18N4O3. The van der Waals surface area contributed by atoms with Crippen LogP contribution in [0, 0.1) is 5.92 Å². The lowest BCUT2D eigenvalue weighted by atomic mass is 10.0. The summed E-state index contributed by atoms with van der Waals surface area (Å²) in [5, 5.41) is 6.89. The van der Waals surface area contributed by atoms with E-state index in [0.717, 1.165) is 0 Å². The maximum absolute atomic E-state index is 12.1. The molecule has 21 heavy (non-hydrogen) atoms. The van der Waals surface area contributed by atoms with Crippen molar-refractivity contribution < 1.29 is 14.3 Å². The Morgan fingerprint density at radius 3 is 2.86 bits per heavy atom. The molecule has 0 aliphatic heterocycles. The van der Waals surface area contributed by atoms with Crippen molar-refractivity contribution in [1.82, 2.24) is 19.9 Å². The zero-order valence-corrected chi connectivity index (χ0v) is 12.2. The molecular weight excluding hydrogens is 272 g/mol. The van der Waals surface area contributed by atoms with E-state index in [1.54, 1.807) is 45.3 Å². The lowest BCUT2D eigenvalue weighted by molar-refractivity contribution is -0.148. The van der Waals surface area contributed by atoms with Gasteiger partial charge in [0.2, 0.25) is 0 Å². The monoisotopic (exact) mass is 290 g/mol. The third-order valence-electron chi connectivity index (χ3n) is 3.24. The first-order valence-corrected chi connectivity index (χ1v) is 6.80. The second kappa shape index (κ2) is 6.34. The van der Waals surface area contributed by atoms with Gasteiger partial charge in [0, 0.05) is 24.5 Å². The van der Waals surface area contributed by atoms with Crippen LogP contribution in [0.4, 0.5) is 0 Å². The van der Waals surface area contributed by atoms with Crippen LogP contribution < -0.4 is 5.32 Å². The van der Waals surface area contributed by atoms with Gasteiger partial charge >= 0.3 is 5.97 Å². The van der Waals surface area contributed by atoms with E-state index in [0.29, 0.717) is 12.3 Å². The molecule has 0 aliphatic carbocycles. The number of aromatic nitrogens is 3. The summed E-state index contributed by atoms with van der Waals surface area (Å²) in [5.74, 6) is -1.10. The fourth-order valence-corrected chi connectivity index (χ4v) is 1.82. The molecule has 2 atom stereocenters. The molecule has 0 aromatic carbocycles. The quantitative estimate of drug-likeness (QED) is 0.832. The van der Waals surface area contributed by atoms with Crippen molar-refractivity contribution in [2.45, 2.75) is 26.8 Å². The Hall–Kier alpha value is -2.44. The highest BCUT2D eigenvalue weighted by atomic mass is 16.5. The van der Waals surface area contributed by atoms with Crippen molar-refractivity contribution in [3.05, 3.63) is 30.2 Å². The topological polar surface area (TPSA) is 85.6 Å². The Kier molecular flexibility index (Phi) is 4.52. The Morgan fingerprint density at radius 2 is 2.19 bits per heavy atom. The van der Waals surface area contributed by atoms with Crippen molar-refractivity contribution in [2.24, 2.45) is 5.92 Å². The van der Waals surface area contributed by atoms with Gasteiger partial charge in [-0.2, -0.15) is 5.10 Å². The molecule has 0 spiro atoms.